The highest BCUT2D eigenvalue weighted by molar-refractivity contribution is 6.12. The summed E-state index contributed by atoms with van der Waals surface area (Å²) in [5.41, 5.74) is 9.76. The third kappa shape index (κ3) is 3.55. The maximum absolute atomic E-state index is 12.8. The number of aromatic hydroxyl groups is 2. The fourth-order valence-electron chi connectivity index (χ4n) is 3.09. The van der Waals surface area contributed by atoms with Crippen LogP contribution in [0.25, 0.3) is 10.9 Å². The number of aryl methyl sites for hydroxylation is 1. The topological polar surface area (TPSA) is 112 Å². The second kappa shape index (κ2) is 7.16. The second-order valence-electron chi connectivity index (χ2n) is 6.83. The zero-order chi connectivity index (χ0) is 20.5. The third-order valence-electron chi connectivity index (χ3n) is 4.79. The SMILES string of the molecule is Cc1ccc(N=Cc2c(O)[nH]c3ccc(C(=O)c4ccc(N)cc4)cc23)cc1O. The maximum atomic E-state index is 12.8. The minimum absolute atomic E-state index is 0.0443. The highest BCUT2D eigenvalue weighted by Gasteiger charge is 2.14. The van der Waals surface area contributed by atoms with Gasteiger partial charge < -0.3 is 20.9 Å². The Hall–Kier alpha value is -4.06. The molecule has 0 radical (unpaired) electrons. The molecule has 0 unspecified atom stereocenters. The summed E-state index contributed by atoms with van der Waals surface area (Å²) in [6.45, 7) is 1.80. The second-order valence-corrected chi connectivity index (χ2v) is 6.83. The standard InChI is InChI=1S/C23H19N3O3/c1-13-2-8-17(11-21(13)27)25-12-19-18-10-15(5-9-20(18)26-23(19)29)22(28)14-3-6-16(24)7-4-14/h2-12,26-27,29H,24H2,1H3. The van der Waals surface area contributed by atoms with Crippen LogP contribution in [0, 0.1) is 6.92 Å². The number of ketones is 1. The van der Waals surface area contributed by atoms with Crippen LogP contribution in [0.3, 0.4) is 0 Å². The van der Waals surface area contributed by atoms with Gasteiger partial charge in [-0.15, -0.1) is 0 Å². The van der Waals surface area contributed by atoms with Crippen LogP contribution in [0.1, 0.15) is 27.0 Å². The van der Waals surface area contributed by atoms with Crippen molar-refractivity contribution in [3.8, 4) is 11.6 Å². The Morgan fingerprint density at radius 3 is 2.45 bits per heavy atom. The molecule has 1 aromatic heterocycles. The summed E-state index contributed by atoms with van der Waals surface area (Å²) >= 11 is 0. The van der Waals surface area contributed by atoms with Crippen molar-refractivity contribution in [2.24, 2.45) is 4.99 Å². The summed E-state index contributed by atoms with van der Waals surface area (Å²) in [6.07, 6.45) is 1.51. The molecule has 6 nitrogen and oxygen atoms in total. The molecule has 4 aromatic rings. The average molecular weight is 385 g/mol. The van der Waals surface area contributed by atoms with Crippen molar-refractivity contribution in [3.63, 3.8) is 0 Å². The van der Waals surface area contributed by atoms with Crippen molar-refractivity contribution in [3.05, 3.63) is 82.9 Å². The number of aromatic nitrogens is 1. The van der Waals surface area contributed by atoms with E-state index in [0.717, 1.165) is 5.56 Å². The van der Waals surface area contributed by atoms with E-state index in [4.69, 9.17) is 5.73 Å². The number of nitrogen functional groups attached to an aromatic ring is 1. The van der Waals surface area contributed by atoms with Crippen molar-refractivity contribution in [2.45, 2.75) is 6.92 Å². The Bertz CT molecular complexity index is 1250. The van der Waals surface area contributed by atoms with Gasteiger partial charge in [-0.25, -0.2) is 0 Å². The first-order chi connectivity index (χ1) is 13.9. The zero-order valence-corrected chi connectivity index (χ0v) is 15.7. The van der Waals surface area contributed by atoms with E-state index < -0.39 is 0 Å². The van der Waals surface area contributed by atoms with E-state index in [2.05, 4.69) is 9.98 Å². The van der Waals surface area contributed by atoms with Crippen LogP contribution in [0.5, 0.6) is 11.6 Å². The Labute approximate surface area is 167 Å². The molecule has 0 aliphatic rings. The van der Waals surface area contributed by atoms with Gasteiger partial charge in [-0.05, 0) is 61.0 Å². The number of carbonyl (C=O) groups is 1. The Morgan fingerprint density at radius 1 is 1.00 bits per heavy atom. The van der Waals surface area contributed by atoms with Gasteiger partial charge in [-0.2, -0.15) is 0 Å². The van der Waals surface area contributed by atoms with Gasteiger partial charge in [0, 0.05) is 40.0 Å². The van der Waals surface area contributed by atoms with Crippen molar-refractivity contribution in [1.29, 1.82) is 0 Å². The first-order valence-corrected chi connectivity index (χ1v) is 9.01. The molecule has 0 fully saturated rings. The van der Waals surface area contributed by atoms with Crippen molar-refractivity contribution in [1.82, 2.24) is 4.98 Å². The van der Waals surface area contributed by atoms with E-state index in [1.165, 1.54) is 6.21 Å². The van der Waals surface area contributed by atoms with Gasteiger partial charge in [0.2, 0.25) is 0 Å². The fourth-order valence-corrected chi connectivity index (χ4v) is 3.09. The molecule has 0 amide bonds. The zero-order valence-electron chi connectivity index (χ0n) is 15.7. The number of carbonyl (C=O) groups excluding carboxylic acids is 1. The number of rotatable bonds is 4. The van der Waals surface area contributed by atoms with E-state index >= 15 is 0 Å². The van der Waals surface area contributed by atoms with E-state index in [-0.39, 0.29) is 17.4 Å². The fraction of sp³-hybridized carbons (Fsp3) is 0.0435. The third-order valence-corrected chi connectivity index (χ3v) is 4.79. The summed E-state index contributed by atoms with van der Waals surface area (Å²) in [7, 11) is 0. The van der Waals surface area contributed by atoms with Crippen LogP contribution in [0.15, 0.2) is 65.7 Å². The van der Waals surface area contributed by atoms with E-state index in [1.54, 1.807) is 67.6 Å². The molecular weight excluding hydrogens is 366 g/mol. The number of anilines is 1. The number of phenolic OH excluding ortho intramolecular Hbond substituents is 1. The largest absolute Gasteiger partial charge is 0.508 e. The number of nitrogens with one attached hydrogen (secondary N) is 1. The molecule has 144 valence electrons. The average Bonchev–Trinajstić information content (AvgIpc) is 3.03. The highest BCUT2D eigenvalue weighted by Crippen LogP contribution is 2.29. The summed E-state index contributed by atoms with van der Waals surface area (Å²) < 4.78 is 0. The maximum Gasteiger partial charge on any atom is 0.198 e. The summed E-state index contributed by atoms with van der Waals surface area (Å²) in [5.74, 6) is -0.0321. The molecule has 6 heteroatoms. The minimum Gasteiger partial charge on any atom is -0.508 e. The molecule has 0 atom stereocenters. The molecule has 4 rings (SSSR count). The van der Waals surface area contributed by atoms with Gasteiger partial charge in [0.25, 0.3) is 0 Å². The predicted molar refractivity (Wildman–Crippen MR) is 114 cm³/mol. The Kier molecular flexibility index (Phi) is 4.52. The number of H-pyrrole nitrogens is 1. The number of aromatic amines is 1. The molecule has 0 aliphatic carbocycles. The molecule has 0 bridgehead atoms. The molecule has 0 spiro atoms. The van der Waals surface area contributed by atoms with Gasteiger partial charge in [-0.3, -0.25) is 9.79 Å². The molecule has 1 heterocycles. The number of aliphatic imine (C=N–C) groups is 1. The number of hydrogen-bond acceptors (Lipinski definition) is 5. The molecule has 3 aromatic carbocycles. The highest BCUT2D eigenvalue weighted by atomic mass is 16.3. The molecular formula is C23H19N3O3. The van der Waals surface area contributed by atoms with Gasteiger partial charge in [0.15, 0.2) is 11.7 Å². The normalized spacial score (nSPS) is 11.3. The van der Waals surface area contributed by atoms with Crippen LogP contribution in [-0.2, 0) is 0 Å². The van der Waals surface area contributed by atoms with Crippen molar-refractivity contribution < 1.29 is 15.0 Å². The van der Waals surface area contributed by atoms with E-state index in [1.807, 2.05) is 0 Å². The summed E-state index contributed by atoms with van der Waals surface area (Å²) in [4.78, 5) is 20.0. The van der Waals surface area contributed by atoms with Crippen molar-refractivity contribution >= 4 is 34.3 Å². The number of fused-ring (bicyclic) bond motifs is 1. The summed E-state index contributed by atoms with van der Waals surface area (Å²) in [5, 5.41) is 20.8. The van der Waals surface area contributed by atoms with E-state index in [9.17, 15) is 15.0 Å². The number of phenols is 1. The first-order valence-electron chi connectivity index (χ1n) is 9.01. The Morgan fingerprint density at radius 2 is 1.72 bits per heavy atom. The number of nitrogens with two attached hydrogens (primary N) is 1. The van der Waals surface area contributed by atoms with Crippen LogP contribution >= 0.6 is 0 Å². The molecule has 0 aliphatic heterocycles. The smallest absolute Gasteiger partial charge is 0.198 e. The summed E-state index contributed by atoms with van der Waals surface area (Å²) in [6, 6.07) is 17.0. The van der Waals surface area contributed by atoms with Gasteiger partial charge in [-0.1, -0.05) is 6.07 Å². The lowest BCUT2D eigenvalue weighted by molar-refractivity contribution is 0.103. The van der Waals surface area contributed by atoms with Crippen molar-refractivity contribution in [2.75, 3.05) is 5.73 Å². The molecule has 5 N–H and O–H groups in total. The Balaban J connectivity index is 1.73. The van der Waals surface area contributed by atoms with Crippen LogP contribution in [0.2, 0.25) is 0 Å². The number of nitrogens with zero attached hydrogens (tertiary/aromatic N) is 1. The van der Waals surface area contributed by atoms with Crippen LogP contribution < -0.4 is 5.73 Å². The predicted octanol–water partition coefficient (Wildman–Crippen LogP) is 4.45. The van der Waals surface area contributed by atoms with Gasteiger partial charge in [0.05, 0.1) is 11.3 Å². The lowest BCUT2D eigenvalue weighted by Crippen LogP contribution is -2.01. The number of hydrogen-bond donors (Lipinski definition) is 4. The minimum atomic E-state index is -0.140. The lowest BCUT2D eigenvalue weighted by atomic mass is 10.0. The first kappa shape index (κ1) is 18.3. The molecule has 29 heavy (non-hydrogen) atoms. The van der Waals surface area contributed by atoms with Gasteiger partial charge in [0.1, 0.15) is 5.75 Å². The van der Waals surface area contributed by atoms with Gasteiger partial charge >= 0.3 is 0 Å². The molecule has 0 saturated heterocycles. The van der Waals surface area contributed by atoms with Crippen LogP contribution in [0.4, 0.5) is 11.4 Å². The molecule has 0 saturated carbocycles. The quantitative estimate of drug-likeness (QED) is 0.236. The number of benzene rings is 3. The monoisotopic (exact) mass is 385 g/mol. The lowest BCUT2D eigenvalue weighted by Gasteiger charge is -2.03. The van der Waals surface area contributed by atoms with E-state index in [0.29, 0.717) is 39.0 Å². The van der Waals surface area contributed by atoms with Crippen LogP contribution in [-0.4, -0.2) is 27.2 Å².